The van der Waals surface area contributed by atoms with Gasteiger partial charge in [-0.1, -0.05) is 6.07 Å². The fraction of sp³-hybridized carbons (Fsp3) is 0.500. The highest BCUT2D eigenvalue weighted by Gasteiger charge is 2.37. The molecule has 0 unspecified atom stereocenters. The second-order valence-corrected chi connectivity index (χ2v) is 4.97. The zero-order chi connectivity index (χ0) is 13.7. The molecule has 0 bridgehead atoms. The largest absolute Gasteiger partial charge is 0.370 e. The molecule has 1 amide bonds. The summed E-state index contributed by atoms with van der Waals surface area (Å²) < 4.78 is 0. The van der Waals surface area contributed by atoms with Gasteiger partial charge in [0.15, 0.2) is 0 Å². The Morgan fingerprint density at radius 3 is 2.74 bits per heavy atom. The molecule has 1 fully saturated rings. The molecule has 5 heteroatoms. The van der Waals surface area contributed by atoms with Crippen molar-refractivity contribution in [2.45, 2.75) is 24.7 Å². The van der Waals surface area contributed by atoms with Crippen LogP contribution in [0.4, 0.5) is 0 Å². The maximum Gasteiger partial charge on any atom is 0.218 e. The minimum absolute atomic E-state index is 0.276. The minimum atomic E-state index is -0.482. The summed E-state index contributed by atoms with van der Waals surface area (Å²) in [5.74, 6) is -0.276. The molecule has 5 nitrogen and oxygen atoms in total. The summed E-state index contributed by atoms with van der Waals surface area (Å²) in [7, 11) is 0. The third kappa shape index (κ3) is 3.09. The predicted octanol–water partition coefficient (Wildman–Crippen LogP) is 0.814. The van der Waals surface area contributed by atoms with Crippen molar-refractivity contribution in [1.82, 2.24) is 9.88 Å². The summed E-state index contributed by atoms with van der Waals surface area (Å²) in [5.41, 5.74) is 5.52. The fourth-order valence-electron chi connectivity index (χ4n) is 2.50. The van der Waals surface area contributed by atoms with Gasteiger partial charge in [-0.3, -0.25) is 9.78 Å². The lowest BCUT2D eigenvalue weighted by molar-refractivity contribution is -0.118. The van der Waals surface area contributed by atoms with Gasteiger partial charge in [-0.25, -0.2) is 0 Å². The predicted molar refractivity (Wildman–Crippen MR) is 71.0 cm³/mol. The summed E-state index contributed by atoms with van der Waals surface area (Å²) in [6, 6.07) is 8.13. The van der Waals surface area contributed by atoms with E-state index in [0.29, 0.717) is 13.0 Å². The van der Waals surface area contributed by atoms with Crippen LogP contribution in [0.3, 0.4) is 0 Å². The number of likely N-dealkylation sites (tertiary alicyclic amines) is 1. The number of primary amides is 1. The van der Waals surface area contributed by atoms with Crippen LogP contribution in [-0.4, -0.2) is 35.4 Å². The quantitative estimate of drug-likeness (QED) is 0.866. The van der Waals surface area contributed by atoms with Crippen LogP contribution in [0.2, 0.25) is 0 Å². The number of nitrogens with two attached hydrogens (primary N) is 1. The number of amides is 1. The van der Waals surface area contributed by atoms with Crippen molar-refractivity contribution in [2.75, 3.05) is 19.6 Å². The first-order valence-electron chi connectivity index (χ1n) is 6.50. The number of carbonyl (C=O) groups is 1. The highest BCUT2D eigenvalue weighted by molar-refractivity contribution is 5.73. The van der Waals surface area contributed by atoms with Gasteiger partial charge < -0.3 is 10.6 Å². The van der Waals surface area contributed by atoms with Gasteiger partial charge in [-0.2, -0.15) is 5.26 Å². The van der Waals surface area contributed by atoms with Crippen molar-refractivity contribution >= 4 is 5.91 Å². The highest BCUT2D eigenvalue weighted by atomic mass is 16.1. The maximum absolute atomic E-state index is 10.8. The van der Waals surface area contributed by atoms with Crippen molar-refractivity contribution in [1.29, 1.82) is 5.26 Å². The molecule has 1 aliphatic rings. The molecule has 1 saturated heterocycles. The van der Waals surface area contributed by atoms with Gasteiger partial charge in [0.05, 0.1) is 11.8 Å². The van der Waals surface area contributed by atoms with Gasteiger partial charge in [-0.05, 0) is 25.0 Å². The van der Waals surface area contributed by atoms with Crippen molar-refractivity contribution in [2.24, 2.45) is 5.73 Å². The molecule has 100 valence electrons. The highest BCUT2D eigenvalue weighted by Crippen LogP contribution is 2.33. The van der Waals surface area contributed by atoms with Gasteiger partial charge in [0, 0.05) is 32.3 Å². The smallest absolute Gasteiger partial charge is 0.218 e. The van der Waals surface area contributed by atoms with Gasteiger partial charge in [0.2, 0.25) is 5.91 Å². The SMILES string of the molecule is N#CC1(c2ccccn2)CCN(CCC(N)=O)CC1. The number of aromatic nitrogens is 1. The van der Waals surface area contributed by atoms with E-state index in [1.807, 2.05) is 18.2 Å². The molecule has 2 heterocycles. The van der Waals surface area contributed by atoms with Crippen LogP contribution >= 0.6 is 0 Å². The first kappa shape index (κ1) is 13.5. The lowest BCUT2D eigenvalue weighted by Crippen LogP contribution is -2.43. The van der Waals surface area contributed by atoms with Crippen LogP contribution in [0.25, 0.3) is 0 Å². The molecular weight excluding hydrogens is 240 g/mol. The van der Waals surface area contributed by atoms with E-state index in [1.165, 1.54) is 0 Å². The normalized spacial score (nSPS) is 18.7. The standard InChI is InChI=1S/C14H18N4O/c15-11-14(12-3-1-2-7-17-12)5-9-18(10-6-14)8-4-13(16)19/h1-3,7H,4-6,8-10H2,(H2,16,19). The number of piperidine rings is 1. The average molecular weight is 258 g/mol. The zero-order valence-corrected chi connectivity index (χ0v) is 10.9. The Labute approximate surface area is 113 Å². The van der Waals surface area contributed by atoms with Crippen LogP contribution in [0, 0.1) is 11.3 Å². The van der Waals surface area contributed by atoms with Gasteiger partial charge in [0.25, 0.3) is 0 Å². The Hall–Kier alpha value is -1.93. The number of hydrogen-bond donors (Lipinski definition) is 1. The van der Waals surface area contributed by atoms with E-state index >= 15 is 0 Å². The summed E-state index contributed by atoms with van der Waals surface area (Å²) in [4.78, 5) is 17.3. The van der Waals surface area contributed by atoms with Crippen molar-refractivity contribution < 1.29 is 4.79 Å². The number of nitriles is 1. The Morgan fingerprint density at radius 1 is 1.47 bits per heavy atom. The Bertz CT molecular complexity index is 472. The molecule has 19 heavy (non-hydrogen) atoms. The van der Waals surface area contributed by atoms with Crippen molar-refractivity contribution in [3.8, 4) is 6.07 Å². The summed E-state index contributed by atoms with van der Waals surface area (Å²) in [6.45, 7) is 2.29. The van der Waals surface area contributed by atoms with Crippen LogP contribution < -0.4 is 5.73 Å². The zero-order valence-electron chi connectivity index (χ0n) is 10.9. The molecule has 2 rings (SSSR count). The second kappa shape index (κ2) is 5.81. The molecule has 0 saturated carbocycles. The average Bonchev–Trinajstić information content (AvgIpc) is 2.46. The third-order valence-electron chi connectivity index (χ3n) is 3.75. The van der Waals surface area contributed by atoms with E-state index < -0.39 is 5.41 Å². The second-order valence-electron chi connectivity index (χ2n) is 4.97. The molecule has 1 aromatic rings. The van der Waals surface area contributed by atoms with E-state index in [9.17, 15) is 10.1 Å². The molecule has 0 aliphatic carbocycles. The van der Waals surface area contributed by atoms with Crippen LogP contribution in [0.1, 0.15) is 25.0 Å². The van der Waals surface area contributed by atoms with Crippen molar-refractivity contribution in [3.05, 3.63) is 30.1 Å². The number of pyridine rings is 1. The van der Waals surface area contributed by atoms with Crippen LogP contribution in [0.5, 0.6) is 0 Å². The number of nitrogens with zero attached hydrogens (tertiary/aromatic N) is 3. The number of rotatable bonds is 4. The molecule has 0 aromatic carbocycles. The fourth-order valence-corrected chi connectivity index (χ4v) is 2.50. The molecule has 0 atom stereocenters. The topological polar surface area (TPSA) is 83.0 Å². The maximum atomic E-state index is 10.8. The van der Waals surface area contributed by atoms with Crippen LogP contribution in [0.15, 0.2) is 24.4 Å². The number of carbonyl (C=O) groups excluding carboxylic acids is 1. The van der Waals surface area contributed by atoms with E-state index in [0.717, 1.165) is 31.6 Å². The van der Waals surface area contributed by atoms with E-state index in [-0.39, 0.29) is 5.91 Å². The first-order chi connectivity index (χ1) is 9.16. The lowest BCUT2D eigenvalue weighted by Gasteiger charge is -2.36. The Morgan fingerprint density at radius 2 is 2.21 bits per heavy atom. The van der Waals surface area contributed by atoms with E-state index in [1.54, 1.807) is 6.20 Å². The Kier molecular flexibility index (Phi) is 4.13. The van der Waals surface area contributed by atoms with E-state index in [4.69, 9.17) is 5.73 Å². The lowest BCUT2D eigenvalue weighted by atomic mass is 9.76. The molecule has 1 aromatic heterocycles. The summed E-state index contributed by atoms with van der Waals surface area (Å²) in [6.07, 6.45) is 3.61. The van der Waals surface area contributed by atoms with E-state index in [2.05, 4.69) is 16.0 Å². The van der Waals surface area contributed by atoms with Crippen molar-refractivity contribution in [3.63, 3.8) is 0 Å². The van der Waals surface area contributed by atoms with Gasteiger partial charge >= 0.3 is 0 Å². The molecule has 0 spiro atoms. The molecule has 0 radical (unpaired) electrons. The van der Waals surface area contributed by atoms with Gasteiger partial charge in [-0.15, -0.1) is 0 Å². The molecular formula is C14H18N4O. The summed E-state index contributed by atoms with van der Waals surface area (Å²) >= 11 is 0. The summed E-state index contributed by atoms with van der Waals surface area (Å²) in [5, 5.41) is 9.52. The third-order valence-corrected chi connectivity index (χ3v) is 3.75. The molecule has 1 aliphatic heterocycles. The monoisotopic (exact) mass is 258 g/mol. The van der Waals surface area contributed by atoms with Crippen LogP contribution in [-0.2, 0) is 10.2 Å². The Balaban J connectivity index is 2.01. The molecule has 2 N–H and O–H groups in total. The van der Waals surface area contributed by atoms with Gasteiger partial charge in [0.1, 0.15) is 5.41 Å². The number of hydrogen-bond acceptors (Lipinski definition) is 4. The first-order valence-corrected chi connectivity index (χ1v) is 6.50. The minimum Gasteiger partial charge on any atom is -0.370 e.